The molecule has 0 rings (SSSR count). The molecule has 38 heavy (non-hydrogen) atoms. The van der Waals surface area contributed by atoms with Crippen LogP contribution in [-0.2, 0) is 19.2 Å². The number of hydrogen-bond donors (Lipinski definition) is 7. The zero-order chi connectivity index (χ0) is 28.0. The summed E-state index contributed by atoms with van der Waals surface area (Å²) in [6.45, 7) is 10.7. The monoisotopic (exact) mass is 786 g/mol. The minimum atomic E-state index is -1.20. The molecule has 0 aliphatic heterocycles. The zero-order valence-corrected chi connectivity index (χ0v) is 24.7. The fraction of sp³-hybridized carbons (Fsp3) is 0.720. The average molecular weight is 787 g/mol. The van der Waals surface area contributed by atoms with Gasteiger partial charge in [-0.1, -0.05) is 55.0 Å². The van der Waals surface area contributed by atoms with Gasteiger partial charge in [-0.2, -0.15) is 0 Å². The van der Waals surface area contributed by atoms with Gasteiger partial charge < -0.3 is 37.2 Å². The Kier molecular flexibility index (Phi) is 19.2. The van der Waals surface area contributed by atoms with E-state index >= 15 is 0 Å². The summed E-state index contributed by atoms with van der Waals surface area (Å²) in [6.07, 6.45) is 3.80. The smallest absolute Gasteiger partial charge is 0.328 e. The van der Waals surface area contributed by atoms with Crippen molar-refractivity contribution in [3.63, 3.8) is 0 Å². The van der Waals surface area contributed by atoms with Gasteiger partial charge in [0, 0.05) is 6.08 Å². The van der Waals surface area contributed by atoms with E-state index in [0.29, 0.717) is 19.4 Å². The largest absolute Gasteiger partial charge is 0.480 e. The molecule has 0 unspecified atom stereocenters. The normalized spacial score (nSPS) is 14.1. The number of rotatable bonds is 16. The number of urea groups is 1. The molecule has 0 fully saturated rings. The fourth-order valence-electron chi connectivity index (χ4n) is 3.28. The van der Waals surface area contributed by atoms with Crippen LogP contribution in [0.5, 0.6) is 0 Å². The molecule has 0 saturated carbocycles. The Morgan fingerprint density at radius 3 is 1.71 bits per heavy atom. The minimum Gasteiger partial charge on any atom is -0.480 e. The molecule has 8 N–H and O–H groups in total. The number of hydrogen-bond acceptors (Lipinski definition) is 6. The van der Waals surface area contributed by atoms with Crippen LogP contribution in [-0.4, -0.2) is 70.7 Å². The van der Waals surface area contributed by atoms with Gasteiger partial charge in [-0.25, -0.2) is 14.4 Å². The number of carboxylic acids is 2. The number of unbranched alkanes of at least 4 members (excludes halogenated alkanes) is 1. The molecule has 0 radical (unpaired) electrons. The molecule has 4 amide bonds. The predicted molar refractivity (Wildman–Crippen MR) is 142 cm³/mol. The maximum absolute atomic E-state index is 13.1. The SMILES string of the molecule is C.CC(C)[C@H](NC(=O)N[C@H](C(=O)N[C@@H](CCCCN)C(=O)N[C@H](/C=C/C(=O)O)C(C)C)C(C)C)C(=O)O.[Fm]. The summed E-state index contributed by atoms with van der Waals surface area (Å²) < 4.78 is 0. The van der Waals surface area contributed by atoms with E-state index in [9.17, 15) is 29.1 Å². The van der Waals surface area contributed by atoms with E-state index in [2.05, 4.69) is 21.3 Å². The molecule has 0 aliphatic rings. The van der Waals surface area contributed by atoms with Crippen molar-refractivity contribution in [2.75, 3.05) is 6.54 Å². The maximum Gasteiger partial charge on any atom is 0.328 e. The number of aliphatic carboxylic acids is 2. The Hall–Kier alpha value is -4.15. The molecular weight excluding hydrogens is 739 g/mol. The van der Waals surface area contributed by atoms with Crippen LogP contribution < -0.4 is 27.0 Å². The van der Waals surface area contributed by atoms with Crippen LogP contribution in [0.25, 0.3) is 0 Å². The van der Waals surface area contributed by atoms with Gasteiger partial charge in [-0.05, 0) is 43.6 Å². The molecule has 13 heteroatoms. The van der Waals surface area contributed by atoms with Gasteiger partial charge in [-0.3, -0.25) is 9.59 Å². The van der Waals surface area contributed by atoms with Crippen molar-refractivity contribution in [1.29, 1.82) is 0 Å². The molecule has 0 aliphatic carbocycles. The van der Waals surface area contributed by atoms with Crippen molar-refractivity contribution in [3.8, 4) is 0 Å². The van der Waals surface area contributed by atoms with E-state index in [-0.39, 0.29) is 31.6 Å². The Labute approximate surface area is 220 Å². The van der Waals surface area contributed by atoms with Crippen LogP contribution in [0.2, 0.25) is 0 Å². The summed E-state index contributed by atoms with van der Waals surface area (Å²) in [4.78, 5) is 60.9. The first kappa shape index (κ1) is 38.4. The van der Waals surface area contributed by atoms with Crippen LogP contribution in [0.4, 0.5) is 4.79 Å². The molecule has 0 spiro atoms. The third-order valence-corrected chi connectivity index (χ3v) is 5.51. The topological polar surface area (TPSA) is 200 Å². The Morgan fingerprint density at radius 1 is 0.763 bits per heavy atom. The Balaban J connectivity index is -0.00000612. The van der Waals surface area contributed by atoms with Gasteiger partial charge in [0.15, 0.2) is 0 Å². The third kappa shape index (κ3) is 14.4. The van der Waals surface area contributed by atoms with Crippen molar-refractivity contribution < 1.29 is 34.2 Å². The van der Waals surface area contributed by atoms with Crippen LogP contribution in [0.15, 0.2) is 12.2 Å². The van der Waals surface area contributed by atoms with Gasteiger partial charge in [-0.15, -0.1) is 0 Å². The molecule has 0 heterocycles. The summed E-state index contributed by atoms with van der Waals surface area (Å²) in [5.41, 5.74) is 5.56. The molecule has 0 aromatic rings. The quantitative estimate of drug-likeness (QED) is 0.0901. The van der Waals surface area contributed by atoms with E-state index in [1.165, 1.54) is 6.08 Å². The van der Waals surface area contributed by atoms with E-state index < -0.39 is 54.0 Å². The average Bonchev–Trinajstić information content (AvgIpc) is 2.76. The first-order chi connectivity index (χ1) is 16.7. The molecule has 226 valence electrons. The van der Waals surface area contributed by atoms with Crippen LogP contribution in [0, 0.1) is 17.8 Å². The fourth-order valence-corrected chi connectivity index (χ4v) is 3.28. The van der Waals surface area contributed by atoms with E-state index in [1.54, 1.807) is 27.7 Å². The Morgan fingerprint density at radius 2 is 1.29 bits per heavy atom. The van der Waals surface area contributed by atoms with Gasteiger partial charge in [0.25, 0.3) is 0 Å². The van der Waals surface area contributed by atoms with E-state index in [1.807, 2.05) is 13.8 Å². The molecule has 0 saturated heterocycles. The summed E-state index contributed by atoms with van der Waals surface area (Å²) in [6, 6.07) is -4.51. The molecular formula is C25H47FmN5O7. The predicted octanol–water partition coefficient (Wildman–Crippen LogP) is 1.45. The van der Waals surface area contributed by atoms with Crippen molar-refractivity contribution in [2.24, 2.45) is 23.5 Å². The van der Waals surface area contributed by atoms with Crippen molar-refractivity contribution >= 4 is 29.8 Å². The van der Waals surface area contributed by atoms with Crippen molar-refractivity contribution in [3.05, 3.63) is 12.2 Å². The second-order valence-electron chi connectivity index (χ2n) is 9.72. The van der Waals surface area contributed by atoms with Crippen LogP contribution in [0.3, 0.4) is 0 Å². The number of nitrogens with one attached hydrogen (secondary N) is 4. The summed E-state index contributed by atoms with van der Waals surface area (Å²) >= 11 is 0. The molecule has 0 aromatic heterocycles. The molecule has 12 nitrogen and oxygen atoms in total. The first-order valence-corrected chi connectivity index (χ1v) is 12.2. The molecule has 0 aromatic carbocycles. The van der Waals surface area contributed by atoms with Crippen LogP contribution in [0.1, 0.15) is 68.2 Å². The van der Waals surface area contributed by atoms with E-state index in [0.717, 1.165) is 6.08 Å². The molecule has 4 atom stereocenters. The van der Waals surface area contributed by atoms with Gasteiger partial charge in [0.1, 0.15) is 18.1 Å². The second-order valence-corrected chi connectivity index (χ2v) is 9.72. The second kappa shape index (κ2) is 19.0. The number of carbonyl (C=O) groups is 5. The zero-order valence-electron chi connectivity index (χ0n) is 22.3. The van der Waals surface area contributed by atoms with Crippen LogP contribution >= 0.6 is 0 Å². The number of nitrogens with two attached hydrogens (primary N) is 1. The minimum absolute atomic E-state index is 0. The first-order valence-electron chi connectivity index (χ1n) is 12.2. The van der Waals surface area contributed by atoms with Crippen molar-refractivity contribution in [1.82, 2.24) is 21.3 Å². The van der Waals surface area contributed by atoms with E-state index in [4.69, 9.17) is 10.8 Å². The third-order valence-electron chi connectivity index (χ3n) is 5.51. The van der Waals surface area contributed by atoms with Gasteiger partial charge >= 0.3 is 18.0 Å². The summed E-state index contributed by atoms with van der Waals surface area (Å²) in [5, 5.41) is 28.5. The van der Waals surface area contributed by atoms with Gasteiger partial charge in [0.05, 0.1) is 6.04 Å². The van der Waals surface area contributed by atoms with Crippen molar-refractivity contribution in [2.45, 2.75) is 92.4 Å². The number of carboxylic acid groups (broad SMARTS) is 2. The standard InChI is InChI=1S/C24H43N5O7.CH4.Fm/c1-13(2)16(10-11-18(30)31)26-21(32)17(9-7-8-12-25)27-22(33)19(14(3)4)28-24(36)29-20(15(5)6)23(34)35;;/h10-11,13-17,19-20H,7-9,12,25H2,1-6H3,(H,26,32)(H,27,33)(H,30,31)(H,34,35)(H2,28,29,36);1H4;/b11-10+;;/t16-,17+,19+,20+;;/m1../s1. The maximum atomic E-state index is 13.1. The Bertz CT molecular complexity index is 790. The molecule has 0 bridgehead atoms. The summed E-state index contributed by atoms with van der Waals surface area (Å²) in [7, 11) is 0. The summed E-state index contributed by atoms with van der Waals surface area (Å²) in [5.74, 6) is -4.29. The van der Waals surface area contributed by atoms with Gasteiger partial charge in [0.2, 0.25) is 11.8 Å². The number of carbonyl (C=O) groups excluding carboxylic acids is 3. The number of amides is 4.